The van der Waals surface area contributed by atoms with E-state index in [1.165, 1.54) is 17.9 Å². The molecular formula is C27H34N4O7S. The first-order valence-corrected chi connectivity index (χ1v) is 14.5. The normalized spacial score (nSPS) is 17.3. The molecule has 3 rings (SSSR count). The molecule has 2 N–H and O–H groups in total. The summed E-state index contributed by atoms with van der Waals surface area (Å²) in [4.78, 5) is 56.7. The van der Waals surface area contributed by atoms with Crippen LogP contribution in [-0.4, -0.2) is 78.5 Å². The number of amides is 3. The second-order valence-corrected chi connectivity index (χ2v) is 12.4. The molecular weight excluding hydrogens is 524 g/mol. The third-order valence-corrected chi connectivity index (χ3v) is 6.50. The van der Waals surface area contributed by atoms with Gasteiger partial charge >= 0.3 is 5.97 Å². The number of hydrogen-bond acceptors (Lipinski definition) is 8. The number of para-hydroxylation sites is 1. The zero-order valence-electron chi connectivity index (χ0n) is 22.6. The van der Waals surface area contributed by atoms with Crippen molar-refractivity contribution in [3.8, 4) is 0 Å². The minimum atomic E-state index is -3.51. The van der Waals surface area contributed by atoms with Crippen LogP contribution in [0.3, 0.4) is 0 Å². The molecule has 0 saturated carbocycles. The molecule has 1 aliphatic heterocycles. The number of rotatable bonds is 9. The molecule has 210 valence electrons. The monoisotopic (exact) mass is 558 g/mol. The fourth-order valence-corrected chi connectivity index (χ4v) is 4.42. The van der Waals surface area contributed by atoms with Crippen molar-refractivity contribution in [1.82, 2.24) is 20.5 Å². The van der Waals surface area contributed by atoms with Crippen molar-refractivity contribution in [1.29, 1.82) is 0 Å². The van der Waals surface area contributed by atoms with E-state index in [1.54, 1.807) is 39.0 Å². The van der Waals surface area contributed by atoms with Gasteiger partial charge in [-0.25, -0.2) is 13.4 Å². The van der Waals surface area contributed by atoms with Crippen molar-refractivity contribution < 1.29 is 32.3 Å². The third-order valence-electron chi connectivity index (χ3n) is 5.85. The van der Waals surface area contributed by atoms with Gasteiger partial charge in [-0.2, -0.15) is 0 Å². The van der Waals surface area contributed by atoms with Crippen LogP contribution in [0.25, 0.3) is 10.9 Å². The summed E-state index contributed by atoms with van der Waals surface area (Å²) in [6.45, 7) is 6.91. The Morgan fingerprint density at radius 2 is 1.82 bits per heavy atom. The van der Waals surface area contributed by atoms with E-state index in [0.29, 0.717) is 18.5 Å². The lowest BCUT2D eigenvalue weighted by molar-refractivity contribution is -0.155. The van der Waals surface area contributed by atoms with E-state index >= 15 is 0 Å². The van der Waals surface area contributed by atoms with Gasteiger partial charge in [0.1, 0.15) is 23.4 Å². The van der Waals surface area contributed by atoms with Crippen LogP contribution >= 0.6 is 0 Å². The minimum absolute atomic E-state index is 0.161. The number of esters is 1. The molecule has 0 unspecified atom stereocenters. The molecule has 0 bridgehead atoms. The smallest absolute Gasteiger partial charge is 0.308 e. The van der Waals surface area contributed by atoms with E-state index in [-0.39, 0.29) is 12.1 Å². The van der Waals surface area contributed by atoms with Crippen molar-refractivity contribution in [3.05, 3.63) is 53.6 Å². The van der Waals surface area contributed by atoms with Crippen LogP contribution in [0.1, 0.15) is 51.0 Å². The second kappa shape index (κ2) is 11.9. The number of ether oxygens (including phenoxy) is 1. The molecule has 1 aliphatic rings. The molecule has 3 atom stereocenters. The van der Waals surface area contributed by atoms with Crippen molar-refractivity contribution in [3.63, 3.8) is 0 Å². The summed E-state index contributed by atoms with van der Waals surface area (Å²) >= 11 is 0. The molecule has 0 aliphatic carbocycles. The standard InChI is InChI=1S/C27H34N4O7S/c1-17(28-24(33)21-11-10-18-8-6-7-9-20(18)30-21)26(35)31-14-12-22(31)25(34)29-19(13-15-39(5,36)37)16-23(32)38-27(2,3)4/h6-11,13,15,17,19,22H,12,14,16H2,1-5H3,(H,28,33)(H,29,34)/b15-13+/t17-,19+,22+/m0/s1. The SMILES string of the molecule is C[C@H](NC(=O)c1ccc2ccccc2n1)C(=O)N1CC[C@@H]1C(=O)N[C@H](/C=C/S(C)(=O)=O)CC(=O)OC(C)(C)C. The number of fused-ring (bicyclic) bond motifs is 1. The Labute approximate surface area is 227 Å². The summed E-state index contributed by atoms with van der Waals surface area (Å²) in [7, 11) is -3.51. The number of nitrogens with zero attached hydrogens (tertiary/aromatic N) is 2. The summed E-state index contributed by atoms with van der Waals surface area (Å²) in [5.41, 5.74) is 0.0511. The van der Waals surface area contributed by atoms with Crippen molar-refractivity contribution in [2.75, 3.05) is 12.8 Å². The second-order valence-electron chi connectivity index (χ2n) is 10.5. The number of nitrogens with one attached hydrogen (secondary N) is 2. The van der Waals surface area contributed by atoms with Crippen LogP contribution in [0.2, 0.25) is 0 Å². The van der Waals surface area contributed by atoms with Gasteiger partial charge in [-0.05, 0) is 46.2 Å². The van der Waals surface area contributed by atoms with Crippen LogP contribution < -0.4 is 10.6 Å². The molecule has 1 saturated heterocycles. The van der Waals surface area contributed by atoms with E-state index in [0.717, 1.165) is 17.1 Å². The highest BCUT2D eigenvalue weighted by molar-refractivity contribution is 7.93. The van der Waals surface area contributed by atoms with Gasteiger partial charge in [0, 0.05) is 23.6 Å². The molecule has 39 heavy (non-hydrogen) atoms. The maximum Gasteiger partial charge on any atom is 0.308 e. The van der Waals surface area contributed by atoms with Gasteiger partial charge in [-0.3, -0.25) is 19.2 Å². The number of carbonyl (C=O) groups is 4. The molecule has 1 aromatic carbocycles. The molecule has 3 amide bonds. The Bertz CT molecular complexity index is 1400. The largest absolute Gasteiger partial charge is 0.460 e. The van der Waals surface area contributed by atoms with Gasteiger partial charge in [0.15, 0.2) is 9.84 Å². The Kier molecular flexibility index (Phi) is 9.10. The molecule has 1 aromatic heterocycles. The van der Waals surface area contributed by atoms with Crippen LogP contribution in [0.4, 0.5) is 0 Å². The number of carbonyl (C=O) groups excluding carboxylic acids is 4. The Morgan fingerprint density at radius 3 is 2.44 bits per heavy atom. The summed E-state index contributed by atoms with van der Waals surface area (Å²) in [5, 5.41) is 7.05. The molecule has 2 heterocycles. The lowest BCUT2D eigenvalue weighted by atomic mass is 10.00. The summed E-state index contributed by atoms with van der Waals surface area (Å²) < 4.78 is 28.5. The lowest BCUT2D eigenvalue weighted by Gasteiger charge is -2.41. The lowest BCUT2D eigenvalue weighted by Crippen LogP contribution is -2.62. The Balaban J connectivity index is 1.63. The number of aromatic nitrogens is 1. The molecule has 1 fully saturated rings. The van der Waals surface area contributed by atoms with E-state index in [9.17, 15) is 27.6 Å². The third kappa shape index (κ3) is 8.60. The predicted molar refractivity (Wildman–Crippen MR) is 145 cm³/mol. The van der Waals surface area contributed by atoms with Crippen LogP contribution in [0, 0.1) is 0 Å². The number of benzene rings is 1. The van der Waals surface area contributed by atoms with Crippen LogP contribution in [0.15, 0.2) is 47.9 Å². The highest BCUT2D eigenvalue weighted by atomic mass is 32.2. The Morgan fingerprint density at radius 1 is 1.13 bits per heavy atom. The number of likely N-dealkylation sites (tertiary alicyclic amines) is 1. The molecule has 11 nitrogen and oxygen atoms in total. The highest BCUT2D eigenvalue weighted by Crippen LogP contribution is 2.20. The van der Waals surface area contributed by atoms with E-state index in [2.05, 4.69) is 15.6 Å². The van der Waals surface area contributed by atoms with Gasteiger partial charge in [-0.1, -0.05) is 30.3 Å². The summed E-state index contributed by atoms with van der Waals surface area (Å²) in [6, 6.07) is 7.96. The van der Waals surface area contributed by atoms with Gasteiger partial charge in [-0.15, -0.1) is 0 Å². The highest BCUT2D eigenvalue weighted by Gasteiger charge is 2.40. The summed E-state index contributed by atoms with van der Waals surface area (Å²) in [6.07, 6.45) is 2.28. The van der Waals surface area contributed by atoms with Crippen molar-refractivity contribution in [2.24, 2.45) is 0 Å². The zero-order chi connectivity index (χ0) is 29.0. The molecule has 0 spiro atoms. The van der Waals surface area contributed by atoms with Crippen molar-refractivity contribution in [2.45, 2.75) is 64.3 Å². The number of sulfone groups is 1. The molecule has 2 aromatic rings. The van der Waals surface area contributed by atoms with Gasteiger partial charge in [0.25, 0.3) is 5.91 Å². The first-order chi connectivity index (χ1) is 18.1. The first kappa shape index (κ1) is 29.8. The fraction of sp³-hybridized carbons (Fsp3) is 0.444. The average Bonchev–Trinajstić information content (AvgIpc) is 2.79. The minimum Gasteiger partial charge on any atom is -0.460 e. The molecule has 12 heteroatoms. The van der Waals surface area contributed by atoms with Crippen molar-refractivity contribution >= 4 is 44.4 Å². The van der Waals surface area contributed by atoms with Crippen LogP contribution in [0.5, 0.6) is 0 Å². The fourth-order valence-electron chi connectivity index (χ4n) is 3.94. The van der Waals surface area contributed by atoms with Crippen LogP contribution in [-0.2, 0) is 29.0 Å². The maximum absolute atomic E-state index is 13.0. The van der Waals surface area contributed by atoms with Gasteiger partial charge in [0.2, 0.25) is 11.8 Å². The maximum atomic E-state index is 13.0. The average molecular weight is 559 g/mol. The number of pyridine rings is 1. The van der Waals surface area contributed by atoms with E-state index < -0.39 is 57.3 Å². The van der Waals surface area contributed by atoms with E-state index in [1.807, 2.05) is 18.2 Å². The Hall–Kier alpha value is -3.80. The quantitative estimate of drug-likeness (QED) is 0.442. The van der Waals surface area contributed by atoms with E-state index in [4.69, 9.17) is 4.74 Å². The molecule has 0 radical (unpaired) electrons. The van der Waals surface area contributed by atoms with Gasteiger partial charge in [0.05, 0.1) is 18.0 Å². The zero-order valence-corrected chi connectivity index (χ0v) is 23.4. The van der Waals surface area contributed by atoms with Gasteiger partial charge < -0.3 is 20.3 Å². The topological polar surface area (TPSA) is 152 Å². The summed E-state index contributed by atoms with van der Waals surface area (Å²) in [5.74, 6) is -2.14. The predicted octanol–water partition coefficient (Wildman–Crippen LogP) is 1.73. The number of hydrogen-bond donors (Lipinski definition) is 2. The first-order valence-electron chi connectivity index (χ1n) is 12.5.